The summed E-state index contributed by atoms with van der Waals surface area (Å²) in [5, 5.41) is 6.30. The van der Waals surface area contributed by atoms with Crippen molar-refractivity contribution < 1.29 is 14.1 Å². The normalized spacial score (nSPS) is 10.2. The molecule has 0 spiro atoms. The first-order valence-corrected chi connectivity index (χ1v) is 5.87. The third-order valence-corrected chi connectivity index (χ3v) is 2.44. The van der Waals surface area contributed by atoms with Crippen LogP contribution in [-0.2, 0) is 0 Å². The second-order valence-corrected chi connectivity index (χ2v) is 3.94. The van der Waals surface area contributed by atoms with E-state index in [-0.39, 0.29) is 11.8 Å². The van der Waals surface area contributed by atoms with E-state index in [4.69, 9.17) is 15.0 Å². The molecule has 0 radical (unpaired) electrons. The predicted octanol–water partition coefficient (Wildman–Crippen LogP) is 2.22. The van der Waals surface area contributed by atoms with E-state index in [1.165, 1.54) is 0 Å². The van der Waals surface area contributed by atoms with Crippen LogP contribution in [0.3, 0.4) is 0 Å². The second kappa shape index (κ2) is 5.43. The molecule has 0 atom stereocenters. The number of rotatable bonds is 4. The number of para-hydroxylation sites is 1. The Kier molecular flexibility index (Phi) is 3.70. The van der Waals surface area contributed by atoms with Crippen LogP contribution < -0.4 is 15.8 Å². The summed E-state index contributed by atoms with van der Waals surface area (Å²) < 4.78 is 10.3. The summed E-state index contributed by atoms with van der Waals surface area (Å²) in [5.41, 5.74) is 7.27. The van der Waals surface area contributed by atoms with E-state index in [1.54, 1.807) is 31.2 Å². The SMILES string of the molecule is CCOc1c(N)cccc1C(=O)Nc1cc(C)no1. The fraction of sp³-hybridized carbons (Fsp3) is 0.231. The summed E-state index contributed by atoms with van der Waals surface area (Å²) in [6, 6.07) is 6.64. The van der Waals surface area contributed by atoms with Gasteiger partial charge < -0.3 is 15.0 Å². The fourth-order valence-electron chi connectivity index (χ4n) is 1.64. The minimum Gasteiger partial charge on any atom is -0.491 e. The minimum absolute atomic E-state index is 0.285. The third kappa shape index (κ3) is 2.85. The molecule has 1 aromatic carbocycles. The third-order valence-electron chi connectivity index (χ3n) is 2.44. The molecular formula is C13H15N3O3. The van der Waals surface area contributed by atoms with E-state index in [0.29, 0.717) is 29.3 Å². The molecule has 6 heteroatoms. The summed E-state index contributed by atoms with van der Waals surface area (Å²) in [6.45, 7) is 4.02. The molecule has 2 rings (SSSR count). The van der Waals surface area contributed by atoms with Crippen LogP contribution in [0.2, 0.25) is 0 Å². The number of aryl methyl sites for hydroxylation is 1. The molecule has 0 aliphatic carbocycles. The van der Waals surface area contributed by atoms with Crippen LogP contribution in [0.25, 0.3) is 0 Å². The quantitative estimate of drug-likeness (QED) is 0.823. The van der Waals surface area contributed by atoms with Crippen molar-refractivity contribution >= 4 is 17.5 Å². The molecule has 1 amide bonds. The second-order valence-electron chi connectivity index (χ2n) is 3.94. The van der Waals surface area contributed by atoms with Gasteiger partial charge in [-0.1, -0.05) is 11.2 Å². The Bertz CT molecular complexity index is 593. The Morgan fingerprint density at radius 2 is 2.32 bits per heavy atom. The van der Waals surface area contributed by atoms with Crippen LogP contribution in [0, 0.1) is 6.92 Å². The van der Waals surface area contributed by atoms with Crippen LogP contribution in [0.4, 0.5) is 11.6 Å². The van der Waals surface area contributed by atoms with Gasteiger partial charge in [0.25, 0.3) is 5.91 Å². The van der Waals surface area contributed by atoms with Crippen LogP contribution in [-0.4, -0.2) is 17.7 Å². The number of nitrogens with one attached hydrogen (secondary N) is 1. The highest BCUT2D eigenvalue weighted by Crippen LogP contribution is 2.27. The predicted molar refractivity (Wildman–Crippen MR) is 71.2 cm³/mol. The van der Waals surface area contributed by atoms with Crippen molar-refractivity contribution in [2.75, 3.05) is 17.7 Å². The van der Waals surface area contributed by atoms with E-state index in [9.17, 15) is 4.79 Å². The van der Waals surface area contributed by atoms with Crippen molar-refractivity contribution in [3.05, 3.63) is 35.5 Å². The van der Waals surface area contributed by atoms with Crippen molar-refractivity contribution in [3.63, 3.8) is 0 Å². The topological polar surface area (TPSA) is 90.4 Å². The van der Waals surface area contributed by atoms with Crippen LogP contribution in [0.1, 0.15) is 23.0 Å². The monoisotopic (exact) mass is 261 g/mol. The zero-order valence-electron chi connectivity index (χ0n) is 10.8. The molecule has 0 saturated heterocycles. The number of nitrogens with two attached hydrogens (primary N) is 1. The lowest BCUT2D eigenvalue weighted by atomic mass is 10.1. The van der Waals surface area contributed by atoms with Gasteiger partial charge in [0.15, 0.2) is 5.75 Å². The molecule has 0 unspecified atom stereocenters. The Balaban J connectivity index is 2.25. The molecule has 1 heterocycles. The smallest absolute Gasteiger partial charge is 0.261 e. The van der Waals surface area contributed by atoms with Gasteiger partial charge in [0.1, 0.15) is 0 Å². The standard InChI is InChI=1S/C13H15N3O3/c1-3-18-12-9(5-4-6-10(12)14)13(17)15-11-7-8(2)16-19-11/h4-7H,3,14H2,1-2H3,(H,15,17). The van der Waals surface area contributed by atoms with Crippen molar-refractivity contribution in [3.8, 4) is 5.75 Å². The maximum atomic E-state index is 12.1. The molecule has 6 nitrogen and oxygen atoms in total. The van der Waals surface area contributed by atoms with Crippen LogP contribution >= 0.6 is 0 Å². The number of carbonyl (C=O) groups excluding carboxylic acids is 1. The molecule has 0 aliphatic heterocycles. The van der Waals surface area contributed by atoms with Gasteiger partial charge in [-0.05, 0) is 26.0 Å². The molecule has 0 saturated carbocycles. The first-order chi connectivity index (χ1) is 9.11. The number of hydrogen-bond donors (Lipinski definition) is 2. The molecule has 1 aromatic heterocycles. The fourth-order valence-corrected chi connectivity index (χ4v) is 1.64. The minimum atomic E-state index is -0.355. The number of nitrogen functional groups attached to an aromatic ring is 1. The van der Waals surface area contributed by atoms with Gasteiger partial charge in [-0.15, -0.1) is 0 Å². The number of ether oxygens (including phenoxy) is 1. The van der Waals surface area contributed by atoms with Gasteiger partial charge in [0.2, 0.25) is 5.88 Å². The van der Waals surface area contributed by atoms with E-state index >= 15 is 0 Å². The summed E-state index contributed by atoms with van der Waals surface area (Å²) in [5.74, 6) is 0.304. The lowest BCUT2D eigenvalue weighted by Crippen LogP contribution is -2.14. The van der Waals surface area contributed by atoms with Crippen molar-refractivity contribution in [1.29, 1.82) is 0 Å². The maximum absolute atomic E-state index is 12.1. The summed E-state index contributed by atoms with van der Waals surface area (Å²) in [6.07, 6.45) is 0. The lowest BCUT2D eigenvalue weighted by molar-refractivity contribution is 0.102. The number of hydrogen-bond acceptors (Lipinski definition) is 5. The van der Waals surface area contributed by atoms with E-state index in [2.05, 4.69) is 10.5 Å². The first-order valence-electron chi connectivity index (χ1n) is 5.87. The molecule has 0 fully saturated rings. The molecule has 0 aliphatic rings. The number of amides is 1. The molecule has 3 N–H and O–H groups in total. The number of nitrogens with zero attached hydrogens (tertiary/aromatic N) is 1. The summed E-state index contributed by atoms with van der Waals surface area (Å²) >= 11 is 0. The van der Waals surface area contributed by atoms with Crippen molar-refractivity contribution in [1.82, 2.24) is 5.16 Å². The number of aromatic nitrogens is 1. The van der Waals surface area contributed by atoms with Gasteiger partial charge in [0, 0.05) is 6.07 Å². The van der Waals surface area contributed by atoms with Gasteiger partial charge in [-0.3, -0.25) is 10.1 Å². The highest BCUT2D eigenvalue weighted by atomic mass is 16.5. The van der Waals surface area contributed by atoms with Gasteiger partial charge in [0.05, 0.1) is 23.6 Å². The van der Waals surface area contributed by atoms with Crippen LogP contribution in [0.5, 0.6) is 5.75 Å². The zero-order valence-corrected chi connectivity index (χ0v) is 10.8. The number of anilines is 2. The first kappa shape index (κ1) is 12.9. The summed E-state index contributed by atoms with van der Waals surface area (Å²) in [4.78, 5) is 12.1. The van der Waals surface area contributed by atoms with E-state index < -0.39 is 0 Å². The summed E-state index contributed by atoms with van der Waals surface area (Å²) in [7, 11) is 0. The average molecular weight is 261 g/mol. The molecule has 19 heavy (non-hydrogen) atoms. The van der Waals surface area contributed by atoms with E-state index in [0.717, 1.165) is 0 Å². The maximum Gasteiger partial charge on any atom is 0.261 e. The highest BCUT2D eigenvalue weighted by Gasteiger charge is 2.16. The highest BCUT2D eigenvalue weighted by molar-refractivity contribution is 6.06. The lowest BCUT2D eigenvalue weighted by Gasteiger charge is -2.11. The van der Waals surface area contributed by atoms with Gasteiger partial charge in [-0.25, -0.2) is 0 Å². The average Bonchev–Trinajstić information content (AvgIpc) is 2.77. The van der Waals surface area contributed by atoms with Gasteiger partial charge >= 0.3 is 0 Å². The molecule has 0 bridgehead atoms. The number of benzene rings is 1. The zero-order chi connectivity index (χ0) is 13.8. The Hall–Kier alpha value is -2.50. The Labute approximate surface area is 110 Å². The molecular weight excluding hydrogens is 246 g/mol. The largest absolute Gasteiger partial charge is 0.491 e. The molecule has 100 valence electrons. The van der Waals surface area contributed by atoms with Gasteiger partial charge in [-0.2, -0.15) is 0 Å². The number of carbonyl (C=O) groups is 1. The van der Waals surface area contributed by atoms with Crippen LogP contribution in [0.15, 0.2) is 28.8 Å². The Morgan fingerprint density at radius 1 is 1.53 bits per heavy atom. The van der Waals surface area contributed by atoms with E-state index in [1.807, 2.05) is 6.92 Å². The Morgan fingerprint density at radius 3 is 2.95 bits per heavy atom. The van der Waals surface area contributed by atoms with Crippen molar-refractivity contribution in [2.24, 2.45) is 0 Å². The van der Waals surface area contributed by atoms with Crippen molar-refractivity contribution in [2.45, 2.75) is 13.8 Å². The molecule has 2 aromatic rings.